The van der Waals surface area contributed by atoms with Gasteiger partial charge in [-0.25, -0.2) is 0 Å². The van der Waals surface area contributed by atoms with E-state index in [1.807, 2.05) is 48.5 Å². The van der Waals surface area contributed by atoms with Crippen LogP contribution in [0.4, 0.5) is 11.4 Å². The van der Waals surface area contributed by atoms with Gasteiger partial charge in [0.15, 0.2) is 6.61 Å². The highest BCUT2D eigenvalue weighted by molar-refractivity contribution is 6.33. The lowest BCUT2D eigenvalue weighted by Gasteiger charge is -2.39. The third kappa shape index (κ3) is 7.10. The van der Waals surface area contributed by atoms with Crippen molar-refractivity contribution in [3.63, 3.8) is 0 Å². The van der Waals surface area contributed by atoms with Crippen LogP contribution in [0.3, 0.4) is 0 Å². The Labute approximate surface area is 246 Å². The van der Waals surface area contributed by atoms with Crippen molar-refractivity contribution in [3.8, 4) is 5.75 Å². The molecule has 0 bridgehead atoms. The molecule has 2 aliphatic rings. The van der Waals surface area contributed by atoms with Gasteiger partial charge in [0.05, 0.1) is 36.6 Å². The van der Waals surface area contributed by atoms with Crippen LogP contribution in [0, 0.1) is 11.8 Å². The summed E-state index contributed by atoms with van der Waals surface area (Å²) in [6.45, 7) is 8.05. The van der Waals surface area contributed by atoms with Crippen molar-refractivity contribution in [2.45, 2.75) is 32.3 Å². The fourth-order valence-corrected chi connectivity index (χ4v) is 5.97. The number of hydrogen-bond acceptors (Lipinski definition) is 5. The highest BCUT2D eigenvalue weighted by Crippen LogP contribution is 2.43. The Kier molecular flexibility index (Phi) is 9.53. The maximum atomic E-state index is 12.5. The van der Waals surface area contributed by atoms with Gasteiger partial charge in [-0.05, 0) is 71.8 Å². The predicted molar refractivity (Wildman–Crippen MR) is 161 cm³/mol. The number of rotatable bonds is 8. The minimum Gasteiger partial charge on any atom is -0.484 e. The van der Waals surface area contributed by atoms with Gasteiger partial charge in [-0.1, -0.05) is 61.3 Å². The summed E-state index contributed by atoms with van der Waals surface area (Å²) in [6, 6.07) is 21.6. The average molecular weight is 584 g/mol. The molecule has 0 unspecified atom stereocenters. The molecule has 5 rings (SSSR count). The first-order chi connectivity index (χ1) is 19.4. The predicted octanol–water partition coefficient (Wildman–Crippen LogP) is 7.36. The molecule has 3 aromatic carbocycles. The Morgan fingerprint density at radius 2 is 1.70 bits per heavy atom. The molecule has 212 valence electrons. The summed E-state index contributed by atoms with van der Waals surface area (Å²) in [7, 11) is 0. The lowest BCUT2D eigenvalue weighted by molar-refractivity contribution is -0.118. The van der Waals surface area contributed by atoms with Gasteiger partial charge in [-0.15, -0.1) is 0 Å². The number of anilines is 2. The maximum Gasteiger partial charge on any atom is 0.262 e. The summed E-state index contributed by atoms with van der Waals surface area (Å²) in [6.07, 6.45) is 1.07. The zero-order valence-corrected chi connectivity index (χ0v) is 24.5. The molecule has 0 radical (unpaired) electrons. The Morgan fingerprint density at radius 3 is 2.38 bits per heavy atom. The standard InChI is InChI=1S/C32H36Cl2N2O4/c1-21(2)28-17-24(22-3-7-25(33)8-4-22)19-40-32(28)23-5-10-27(11-6-23)39-20-31(37)35-26-9-12-30(29(34)18-26)36-13-15-38-16-14-36/h3-12,18,21,24,28,32H,13-17,19-20H2,1-2H3,(H,35,37)/t24-,28-,32-/m0/s1. The molecule has 3 aromatic rings. The lowest BCUT2D eigenvalue weighted by atomic mass is 9.76. The van der Waals surface area contributed by atoms with E-state index < -0.39 is 0 Å². The molecule has 0 spiro atoms. The molecule has 0 aliphatic carbocycles. The van der Waals surface area contributed by atoms with Gasteiger partial charge < -0.3 is 24.4 Å². The van der Waals surface area contributed by atoms with Crippen LogP contribution in [-0.2, 0) is 14.3 Å². The quantitative estimate of drug-likeness (QED) is 0.300. The van der Waals surface area contributed by atoms with Crippen LogP contribution < -0.4 is 15.0 Å². The molecule has 2 heterocycles. The van der Waals surface area contributed by atoms with Gasteiger partial charge in [-0.3, -0.25) is 4.79 Å². The van der Waals surface area contributed by atoms with E-state index in [1.165, 1.54) is 5.56 Å². The number of carbonyl (C=O) groups is 1. The third-order valence-electron chi connectivity index (χ3n) is 7.78. The summed E-state index contributed by atoms with van der Waals surface area (Å²) in [5.74, 6) is 1.59. The van der Waals surface area contributed by atoms with Crippen LogP contribution >= 0.6 is 23.2 Å². The van der Waals surface area contributed by atoms with Crippen molar-refractivity contribution in [2.75, 3.05) is 49.7 Å². The van der Waals surface area contributed by atoms with Crippen molar-refractivity contribution in [1.82, 2.24) is 0 Å². The zero-order chi connectivity index (χ0) is 28.1. The van der Waals surface area contributed by atoms with Crippen molar-refractivity contribution in [3.05, 3.63) is 87.9 Å². The molecule has 2 saturated heterocycles. The maximum absolute atomic E-state index is 12.5. The Bertz CT molecular complexity index is 1280. The van der Waals surface area contributed by atoms with Gasteiger partial charge in [0.2, 0.25) is 0 Å². The van der Waals surface area contributed by atoms with Crippen LogP contribution in [0.15, 0.2) is 66.7 Å². The molecule has 0 aromatic heterocycles. The second-order valence-electron chi connectivity index (χ2n) is 10.8. The number of morpholine rings is 1. The van der Waals surface area contributed by atoms with Crippen LogP contribution in [0.1, 0.15) is 43.4 Å². The van der Waals surface area contributed by atoms with Crippen LogP contribution in [0.5, 0.6) is 5.75 Å². The van der Waals surface area contributed by atoms with Crippen molar-refractivity contribution < 1.29 is 19.0 Å². The first-order valence-electron chi connectivity index (χ1n) is 13.9. The third-order valence-corrected chi connectivity index (χ3v) is 8.34. The lowest BCUT2D eigenvalue weighted by Crippen LogP contribution is -2.36. The minimum atomic E-state index is -0.247. The molecule has 40 heavy (non-hydrogen) atoms. The molecule has 0 saturated carbocycles. The Morgan fingerprint density at radius 1 is 1.00 bits per heavy atom. The van der Waals surface area contributed by atoms with Crippen LogP contribution in [-0.4, -0.2) is 45.4 Å². The molecular formula is C32H36Cl2N2O4. The van der Waals surface area contributed by atoms with E-state index in [2.05, 4.69) is 36.2 Å². The highest BCUT2D eigenvalue weighted by Gasteiger charge is 2.35. The van der Waals surface area contributed by atoms with Gasteiger partial charge in [0, 0.05) is 29.7 Å². The summed E-state index contributed by atoms with van der Waals surface area (Å²) in [5.41, 5.74) is 3.98. The highest BCUT2D eigenvalue weighted by atomic mass is 35.5. The van der Waals surface area contributed by atoms with E-state index in [4.69, 9.17) is 37.4 Å². The largest absolute Gasteiger partial charge is 0.484 e. The summed E-state index contributed by atoms with van der Waals surface area (Å²) in [5, 5.41) is 4.21. The van der Waals surface area contributed by atoms with Crippen molar-refractivity contribution in [2.24, 2.45) is 11.8 Å². The topological polar surface area (TPSA) is 60.0 Å². The first kappa shape index (κ1) is 28.7. The van der Waals surface area contributed by atoms with Crippen molar-refractivity contribution in [1.29, 1.82) is 0 Å². The van der Waals surface area contributed by atoms with E-state index in [0.29, 0.717) is 54.0 Å². The number of nitrogens with one attached hydrogen (secondary N) is 1. The molecule has 1 amide bonds. The fourth-order valence-electron chi connectivity index (χ4n) is 5.54. The van der Waals surface area contributed by atoms with Crippen molar-refractivity contribution >= 4 is 40.5 Å². The average Bonchev–Trinajstić information content (AvgIpc) is 2.97. The monoisotopic (exact) mass is 582 g/mol. The zero-order valence-electron chi connectivity index (χ0n) is 22.9. The molecule has 8 heteroatoms. The molecule has 1 N–H and O–H groups in total. The van der Waals surface area contributed by atoms with Gasteiger partial charge in [0.25, 0.3) is 5.91 Å². The number of ether oxygens (including phenoxy) is 3. The number of nitrogens with zero attached hydrogens (tertiary/aromatic N) is 1. The number of hydrogen-bond donors (Lipinski definition) is 1. The minimum absolute atomic E-state index is 0.0195. The number of benzene rings is 3. The number of amides is 1. The molecule has 2 fully saturated rings. The summed E-state index contributed by atoms with van der Waals surface area (Å²) in [4.78, 5) is 14.7. The molecule has 6 nitrogen and oxygen atoms in total. The van der Waals surface area contributed by atoms with E-state index in [-0.39, 0.29) is 18.6 Å². The molecule has 2 aliphatic heterocycles. The molecular weight excluding hydrogens is 547 g/mol. The van der Waals surface area contributed by atoms with E-state index in [1.54, 1.807) is 6.07 Å². The van der Waals surface area contributed by atoms with E-state index in [9.17, 15) is 4.79 Å². The second-order valence-corrected chi connectivity index (χ2v) is 11.7. The fraction of sp³-hybridized carbons (Fsp3) is 0.406. The van der Waals surface area contributed by atoms with Crippen LogP contribution in [0.2, 0.25) is 10.0 Å². The van der Waals surface area contributed by atoms with Crippen LogP contribution in [0.25, 0.3) is 0 Å². The molecule has 3 atom stereocenters. The number of halogens is 2. The van der Waals surface area contributed by atoms with Gasteiger partial charge >= 0.3 is 0 Å². The Balaban J connectivity index is 1.14. The number of carbonyl (C=O) groups excluding carboxylic acids is 1. The normalized spacial score (nSPS) is 21.3. The van der Waals surface area contributed by atoms with Gasteiger partial charge in [-0.2, -0.15) is 0 Å². The second kappa shape index (κ2) is 13.3. The first-order valence-corrected chi connectivity index (χ1v) is 14.6. The van der Waals surface area contributed by atoms with E-state index >= 15 is 0 Å². The Hall–Kier alpha value is -2.77. The summed E-state index contributed by atoms with van der Waals surface area (Å²) < 4.78 is 17.6. The summed E-state index contributed by atoms with van der Waals surface area (Å²) >= 11 is 12.6. The SMILES string of the molecule is CC(C)[C@@H]1C[C@H](c2ccc(Cl)cc2)CO[C@H]1c1ccc(OCC(=O)Nc2ccc(N3CCOCC3)c(Cl)c2)cc1. The van der Waals surface area contributed by atoms with Gasteiger partial charge in [0.1, 0.15) is 5.75 Å². The smallest absolute Gasteiger partial charge is 0.262 e. The van der Waals surface area contributed by atoms with E-state index in [0.717, 1.165) is 35.8 Å².